The van der Waals surface area contributed by atoms with Crippen LogP contribution in [0.1, 0.15) is 10.4 Å². The van der Waals surface area contributed by atoms with E-state index in [1.807, 2.05) is 0 Å². The molecule has 0 saturated carbocycles. The summed E-state index contributed by atoms with van der Waals surface area (Å²) in [6.07, 6.45) is 0.871. The molecule has 0 unspecified atom stereocenters. The number of ether oxygens (including phenoxy) is 1. The topological polar surface area (TPSA) is 51.2 Å². The van der Waals surface area contributed by atoms with Crippen molar-refractivity contribution in [1.29, 1.82) is 0 Å². The standard InChI is InChI=1S/C13H8ClF3N2O2/c14-11-10(4-7(15)6-18-11)12(20)19-8-2-1-3-9(5-8)21-13(16)17/h1-6,13H,(H,19,20). The minimum Gasteiger partial charge on any atom is -0.435 e. The first-order valence-corrected chi connectivity index (χ1v) is 6.01. The largest absolute Gasteiger partial charge is 0.435 e. The molecule has 0 aliphatic carbocycles. The smallest absolute Gasteiger partial charge is 0.387 e. The van der Waals surface area contributed by atoms with E-state index in [-0.39, 0.29) is 22.2 Å². The van der Waals surface area contributed by atoms with Crippen LogP contribution in [0.15, 0.2) is 36.5 Å². The number of amides is 1. The number of pyridine rings is 1. The zero-order chi connectivity index (χ0) is 15.4. The number of hydrogen-bond acceptors (Lipinski definition) is 3. The highest BCUT2D eigenvalue weighted by molar-refractivity contribution is 6.33. The maximum atomic E-state index is 13.0. The van der Waals surface area contributed by atoms with Crippen molar-refractivity contribution in [2.75, 3.05) is 5.32 Å². The fraction of sp³-hybridized carbons (Fsp3) is 0.0769. The SMILES string of the molecule is O=C(Nc1cccc(OC(F)F)c1)c1cc(F)cnc1Cl. The van der Waals surface area contributed by atoms with Gasteiger partial charge >= 0.3 is 6.61 Å². The minimum atomic E-state index is -2.97. The lowest BCUT2D eigenvalue weighted by Crippen LogP contribution is -2.13. The molecule has 1 amide bonds. The van der Waals surface area contributed by atoms with Crippen molar-refractivity contribution in [3.63, 3.8) is 0 Å². The van der Waals surface area contributed by atoms with Crippen LogP contribution >= 0.6 is 11.6 Å². The maximum Gasteiger partial charge on any atom is 0.387 e. The van der Waals surface area contributed by atoms with Gasteiger partial charge < -0.3 is 10.1 Å². The Morgan fingerprint density at radius 3 is 2.81 bits per heavy atom. The fourth-order valence-electron chi connectivity index (χ4n) is 1.53. The second-order valence-corrected chi connectivity index (χ2v) is 4.21. The van der Waals surface area contributed by atoms with Crippen molar-refractivity contribution < 1.29 is 22.7 Å². The number of nitrogens with zero attached hydrogens (tertiary/aromatic N) is 1. The molecule has 2 aromatic rings. The predicted octanol–water partition coefficient (Wildman–Crippen LogP) is 3.73. The highest BCUT2D eigenvalue weighted by Gasteiger charge is 2.13. The van der Waals surface area contributed by atoms with E-state index in [0.29, 0.717) is 0 Å². The summed E-state index contributed by atoms with van der Waals surface area (Å²) in [5, 5.41) is 2.21. The number of rotatable bonds is 4. The molecule has 1 N–H and O–H groups in total. The molecule has 0 spiro atoms. The molecule has 4 nitrogen and oxygen atoms in total. The first-order chi connectivity index (χ1) is 9.95. The van der Waals surface area contributed by atoms with Crippen LogP contribution in [0.4, 0.5) is 18.9 Å². The normalized spacial score (nSPS) is 10.5. The summed E-state index contributed by atoms with van der Waals surface area (Å²) < 4.78 is 41.5. The van der Waals surface area contributed by atoms with Gasteiger partial charge in [0.1, 0.15) is 16.7 Å². The van der Waals surface area contributed by atoms with E-state index in [1.54, 1.807) is 0 Å². The molecule has 0 aliphatic heterocycles. The Balaban J connectivity index is 2.17. The van der Waals surface area contributed by atoms with Crippen LogP contribution in [-0.4, -0.2) is 17.5 Å². The number of anilines is 1. The molecule has 0 aliphatic rings. The van der Waals surface area contributed by atoms with Gasteiger partial charge in [0.15, 0.2) is 0 Å². The molecule has 1 aromatic heterocycles. The maximum absolute atomic E-state index is 13.0. The Morgan fingerprint density at radius 2 is 2.10 bits per heavy atom. The van der Waals surface area contributed by atoms with E-state index < -0.39 is 18.3 Å². The number of nitrogens with one attached hydrogen (secondary N) is 1. The van der Waals surface area contributed by atoms with Gasteiger partial charge in [0.25, 0.3) is 5.91 Å². The van der Waals surface area contributed by atoms with Crippen molar-refractivity contribution in [3.8, 4) is 5.75 Å². The molecule has 110 valence electrons. The molecule has 1 aromatic carbocycles. The second kappa shape index (κ2) is 6.45. The molecule has 2 rings (SSSR count). The highest BCUT2D eigenvalue weighted by atomic mass is 35.5. The van der Waals surface area contributed by atoms with Crippen LogP contribution < -0.4 is 10.1 Å². The zero-order valence-corrected chi connectivity index (χ0v) is 11.1. The third-order valence-electron chi connectivity index (χ3n) is 2.37. The average Bonchev–Trinajstić information content (AvgIpc) is 2.41. The number of hydrogen-bond donors (Lipinski definition) is 1. The van der Waals surface area contributed by atoms with Crippen molar-refractivity contribution in [2.24, 2.45) is 0 Å². The van der Waals surface area contributed by atoms with Crippen LogP contribution in [0.5, 0.6) is 5.75 Å². The predicted molar refractivity (Wildman–Crippen MR) is 70.2 cm³/mol. The van der Waals surface area contributed by atoms with Gasteiger partial charge in [0, 0.05) is 11.8 Å². The molecule has 0 radical (unpaired) electrons. The summed E-state index contributed by atoms with van der Waals surface area (Å²) in [5.74, 6) is -1.56. The first kappa shape index (κ1) is 15.1. The Hall–Kier alpha value is -2.28. The summed E-state index contributed by atoms with van der Waals surface area (Å²) >= 11 is 5.69. The number of carbonyl (C=O) groups is 1. The van der Waals surface area contributed by atoms with Gasteiger partial charge in [-0.3, -0.25) is 4.79 Å². The molecule has 0 atom stereocenters. The summed E-state index contributed by atoms with van der Waals surface area (Å²) in [6, 6.07) is 6.29. The lowest BCUT2D eigenvalue weighted by molar-refractivity contribution is -0.0497. The van der Waals surface area contributed by atoms with Crippen LogP contribution in [0.2, 0.25) is 5.15 Å². The Bertz CT molecular complexity index is 668. The molecule has 8 heteroatoms. The second-order valence-electron chi connectivity index (χ2n) is 3.85. The molecule has 0 saturated heterocycles. The number of aromatic nitrogens is 1. The van der Waals surface area contributed by atoms with Gasteiger partial charge in [-0.15, -0.1) is 0 Å². The van der Waals surface area contributed by atoms with Crippen molar-refractivity contribution in [3.05, 3.63) is 53.1 Å². The highest BCUT2D eigenvalue weighted by Crippen LogP contribution is 2.21. The van der Waals surface area contributed by atoms with Crippen molar-refractivity contribution >= 4 is 23.2 Å². The fourth-order valence-corrected chi connectivity index (χ4v) is 1.72. The van der Waals surface area contributed by atoms with E-state index >= 15 is 0 Å². The third-order valence-corrected chi connectivity index (χ3v) is 2.67. The van der Waals surface area contributed by atoms with Gasteiger partial charge in [0.2, 0.25) is 0 Å². The van der Waals surface area contributed by atoms with Gasteiger partial charge in [-0.1, -0.05) is 17.7 Å². The van der Waals surface area contributed by atoms with E-state index in [2.05, 4.69) is 15.0 Å². The van der Waals surface area contributed by atoms with E-state index in [0.717, 1.165) is 12.3 Å². The number of halogens is 4. The number of benzene rings is 1. The molecule has 21 heavy (non-hydrogen) atoms. The van der Waals surface area contributed by atoms with Gasteiger partial charge in [-0.25, -0.2) is 9.37 Å². The quantitative estimate of drug-likeness (QED) is 0.874. The molecule has 1 heterocycles. The van der Waals surface area contributed by atoms with Gasteiger partial charge in [0.05, 0.1) is 11.8 Å². The van der Waals surface area contributed by atoms with E-state index in [9.17, 15) is 18.0 Å². The molecular weight excluding hydrogens is 309 g/mol. The van der Waals surface area contributed by atoms with Crippen LogP contribution in [0, 0.1) is 5.82 Å². The molecular formula is C13H8ClF3N2O2. The summed E-state index contributed by atoms with van der Waals surface area (Å²) in [6.45, 7) is -2.97. The van der Waals surface area contributed by atoms with Crippen LogP contribution in [0.3, 0.4) is 0 Å². The van der Waals surface area contributed by atoms with E-state index in [4.69, 9.17) is 11.6 Å². The summed E-state index contributed by atoms with van der Waals surface area (Å²) in [4.78, 5) is 15.4. The molecule has 0 bridgehead atoms. The average molecular weight is 317 g/mol. The van der Waals surface area contributed by atoms with Crippen LogP contribution in [-0.2, 0) is 0 Å². The Morgan fingerprint density at radius 1 is 1.33 bits per heavy atom. The number of carbonyl (C=O) groups excluding carboxylic acids is 1. The third kappa shape index (κ3) is 4.09. The lowest BCUT2D eigenvalue weighted by atomic mass is 10.2. The first-order valence-electron chi connectivity index (χ1n) is 5.63. The van der Waals surface area contributed by atoms with E-state index in [1.165, 1.54) is 24.3 Å². The lowest BCUT2D eigenvalue weighted by Gasteiger charge is -2.09. The Labute approximate surface area is 122 Å². The number of alkyl halides is 2. The van der Waals surface area contributed by atoms with Crippen molar-refractivity contribution in [2.45, 2.75) is 6.61 Å². The van der Waals surface area contributed by atoms with Crippen LogP contribution in [0.25, 0.3) is 0 Å². The van der Waals surface area contributed by atoms with Gasteiger partial charge in [-0.05, 0) is 18.2 Å². The zero-order valence-electron chi connectivity index (χ0n) is 10.3. The van der Waals surface area contributed by atoms with Crippen molar-refractivity contribution in [1.82, 2.24) is 4.98 Å². The molecule has 0 fully saturated rings. The Kier molecular flexibility index (Phi) is 4.64. The summed E-state index contributed by atoms with van der Waals surface area (Å²) in [5.41, 5.74) is 0.0234. The summed E-state index contributed by atoms with van der Waals surface area (Å²) in [7, 11) is 0. The van der Waals surface area contributed by atoms with Gasteiger partial charge in [-0.2, -0.15) is 8.78 Å². The minimum absolute atomic E-state index is 0.119. The monoisotopic (exact) mass is 316 g/mol.